The molecule has 3 N–H and O–H groups in total. The van der Waals surface area contributed by atoms with Crippen molar-refractivity contribution >= 4 is 23.2 Å². The van der Waals surface area contributed by atoms with E-state index in [1.807, 2.05) is 48.6 Å². The van der Waals surface area contributed by atoms with Gasteiger partial charge in [0.2, 0.25) is 11.8 Å². The zero-order valence-electron chi connectivity index (χ0n) is 13.6. The van der Waals surface area contributed by atoms with Gasteiger partial charge < -0.3 is 16.0 Å². The lowest BCUT2D eigenvalue weighted by Gasteiger charge is -2.21. The molecule has 122 valence electrons. The Hall–Kier alpha value is -3.08. The van der Waals surface area contributed by atoms with Gasteiger partial charge in [-0.05, 0) is 41.5 Å². The molecule has 2 bridgehead atoms. The Morgan fingerprint density at radius 2 is 1.88 bits per heavy atom. The first kappa shape index (κ1) is 15.8. The lowest BCUT2D eigenvalue weighted by atomic mass is 10.0. The van der Waals surface area contributed by atoms with Crippen molar-refractivity contribution < 1.29 is 9.59 Å². The number of amides is 2. The van der Waals surface area contributed by atoms with Crippen LogP contribution in [0, 0.1) is 0 Å². The molecular weight excluding hydrogens is 302 g/mol. The highest BCUT2D eigenvalue weighted by molar-refractivity contribution is 5.89. The van der Waals surface area contributed by atoms with Crippen molar-refractivity contribution in [3.8, 4) is 0 Å². The van der Waals surface area contributed by atoms with Crippen LogP contribution in [0.4, 0.5) is 5.69 Å². The molecule has 0 spiro atoms. The molecule has 1 atom stereocenters. The molecule has 0 saturated heterocycles. The summed E-state index contributed by atoms with van der Waals surface area (Å²) in [7, 11) is 0. The summed E-state index contributed by atoms with van der Waals surface area (Å²) in [4.78, 5) is 22.5. The number of benzene rings is 1. The summed E-state index contributed by atoms with van der Waals surface area (Å²) in [6.07, 6.45) is 9.95. The van der Waals surface area contributed by atoms with Gasteiger partial charge in [0.1, 0.15) is 0 Å². The van der Waals surface area contributed by atoms with Gasteiger partial charge in [0.05, 0.1) is 6.04 Å². The lowest BCUT2D eigenvalue weighted by molar-refractivity contribution is -0.118. The maximum Gasteiger partial charge on any atom is 0.221 e. The number of carbonyl (C=O) groups excluding carboxylic acids is 2. The van der Waals surface area contributed by atoms with Crippen molar-refractivity contribution in [2.75, 3.05) is 5.32 Å². The third-order valence-electron chi connectivity index (χ3n) is 3.62. The Morgan fingerprint density at radius 3 is 2.62 bits per heavy atom. The molecule has 1 aromatic rings. The molecule has 24 heavy (non-hydrogen) atoms. The normalized spacial score (nSPS) is 18.4. The van der Waals surface area contributed by atoms with Crippen LogP contribution >= 0.6 is 0 Å². The van der Waals surface area contributed by atoms with Crippen molar-refractivity contribution in [3.05, 3.63) is 71.5 Å². The topological polar surface area (TPSA) is 70.2 Å². The summed E-state index contributed by atoms with van der Waals surface area (Å²) in [6, 6.07) is 7.73. The highest BCUT2D eigenvalue weighted by Gasteiger charge is 2.16. The molecule has 1 aliphatic heterocycles. The SMILES string of the molecule is CC(=O)NC1=CC2=CC(C=C1)NC(c1cccc(NC(C)=O)c1)=C2. The minimum Gasteiger partial charge on any atom is -0.375 e. The third kappa shape index (κ3) is 3.81. The molecule has 1 heterocycles. The van der Waals surface area contributed by atoms with Crippen LogP contribution in [0.2, 0.25) is 0 Å². The Balaban J connectivity index is 1.89. The molecule has 2 amide bonds. The Kier molecular flexibility index (Phi) is 4.33. The molecule has 1 aliphatic carbocycles. The fraction of sp³-hybridized carbons (Fsp3) is 0.158. The molecule has 2 aliphatic rings. The van der Waals surface area contributed by atoms with E-state index < -0.39 is 0 Å². The summed E-state index contributed by atoms with van der Waals surface area (Å²) in [5.74, 6) is -0.192. The molecule has 5 nitrogen and oxygen atoms in total. The summed E-state index contributed by atoms with van der Waals surface area (Å²) < 4.78 is 0. The highest BCUT2D eigenvalue weighted by Crippen LogP contribution is 2.25. The minimum absolute atomic E-state index is 0.0481. The highest BCUT2D eigenvalue weighted by atomic mass is 16.2. The first-order chi connectivity index (χ1) is 11.5. The number of rotatable bonds is 3. The molecule has 0 aromatic heterocycles. The summed E-state index contributed by atoms with van der Waals surface area (Å²) >= 11 is 0. The summed E-state index contributed by atoms with van der Waals surface area (Å²) in [6.45, 7) is 2.98. The van der Waals surface area contributed by atoms with Crippen LogP contribution in [0.15, 0.2) is 65.9 Å². The van der Waals surface area contributed by atoms with Crippen LogP contribution in [0.1, 0.15) is 19.4 Å². The Morgan fingerprint density at radius 1 is 1.08 bits per heavy atom. The second kappa shape index (κ2) is 6.58. The number of nitrogens with one attached hydrogen (secondary N) is 3. The van der Waals surface area contributed by atoms with Gasteiger partial charge >= 0.3 is 0 Å². The zero-order chi connectivity index (χ0) is 17.1. The maximum absolute atomic E-state index is 11.3. The van der Waals surface area contributed by atoms with E-state index in [-0.39, 0.29) is 17.9 Å². The number of fused-ring (bicyclic) bond motifs is 1. The van der Waals surface area contributed by atoms with Crippen molar-refractivity contribution in [3.63, 3.8) is 0 Å². The zero-order valence-corrected chi connectivity index (χ0v) is 13.6. The molecule has 0 saturated carbocycles. The number of hydrogen-bond donors (Lipinski definition) is 3. The van der Waals surface area contributed by atoms with Crippen LogP contribution in [-0.4, -0.2) is 17.9 Å². The van der Waals surface area contributed by atoms with Crippen molar-refractivity contribution in [2.45, 2.75) is 19.9 Å². The van der Waals surface area contributed by atoms with Gasteiger partial charge in [-0.15, -0.1) is 0 Å². The van der Waals surface area contributed by atoms with E-state index in [0.717, 1.165) is 28.2 Å². The largest absolute Gasteiger partial charge is 0.375 e. The van der Waals surface area contributed by atoms with Gasteiger partial charge in [-0.1, -0.05) is 24.3 Å². The first-order valence-electron chi connectivity index (χ1n) is 7.75. The second-order valence-corrected chi connectivity index (χ2v) is 5.80. The molecule has 1 unspecified atom stereocenters. The Labute approximate surface area is 140 Å². The molecule has 3 rings (SSSR count). The third-order valence-corrected chi connectivity index (χ3v) is 3.62. The van der Waals surface area contributed by atoms with E-state index in [0.29, 0.717) is 0 Å². The number of carbonyl (C=O) groups is 2. The molecule has 5 heteroatoms. The van der Waals surface area contributed by atoms with Gasteiger partial charge in [0.15, 0.2) is 0 Å². The number of allylic oxidation sites excluding steroid dienone is 4. The quantitative estimate of drug-likeness (QED) is 0.801. The van der Waals surface area contributed by atoms with Crippen LogP contribution in [0.3, 0.4) is 0 Å². The second-order valence-electron chi connectivity index (χ2n) is 5.80. The van der Waals surface area contributed by atoms with Crippen LogP contribution < -0.4 is 16.0 Å². The average molecular weight is 321 g/mol. The van der Waals surface area contributed by atoms with Gasteiger partial charge in [-0.25, -0.2) is 0 Å². The first-order valence-corrected chi connectivity index (χ1v) is 7.75. The maximum atomic E-state index is 11.3. The summed E-state index contributed by atoms with van der Waals surface area (Å²) in [5.41, 5.74) is 4.50. The van der Waals surface area contributed by atoms with E-state index in [1.54, 1.807) is 0 Å². The van der Waals surface area contributed by atoms with Gasteiger partial charge in [0, 0.05) is 30.9 Å². The van der Waals surface area contributed by atoms with E-state index in [2.05, 4.69) is 22.0 Å². The predicted octanol–water partition coefficient (Wildman–Crippen LogP) is 2.47. The van der Waals surface area contributed by atoms with Crippen LogP contribution in [-0.2, 0) is 9.59 Å². The Bertz CT molecular complexity index is 816. The van der Waals surface area contributed by atoms with Gasteiger partial charge in [-0.3, -0.25) is 9.59 Å². The smallest absolute Gasteiger partial charge is 0.221 e. The lowest BCUT2D eigenvalue weighted by Crippen LogP contribution is -2.26. The fourth-order valence-electron chi connectivity index (χ4n) is 2.73. The minimum atomic E-state index is -0.0973. The van der Waals surface area contributed by atoms with Crippen molar-refractivity contribution in [2.24, 2.45) is 0 Å². The molecule has 1 aromatic carbocycles. The van der Waals surface area contributed by atoms with E-state index in [9.17, 15) is 9.59 Å². The number of hydrogen-bond acceptors (Lipinski definition) is 3. The van der Waals surface area contributed by atoms with E-state index >= 15 is 0 Å². The van der Waals surface area contributed by atoms with Crippen molar-refractivity contribution in [1.82, 2.24) is 10.6 Å². The van der Waals surface area contributed by atoms with Crippen molar-refractivity contribution in [1.29, 1.82) is 0 Å². The standard InChI is InChI=1S/C19H19N3O2/c1-12(23)20-16-5-3-4-15(11-16)19-10-14-8-17(21-13(2)24)6-7-18(9-14)22-19/h3-11,18,22H,1-2H3,(H,20,23)(H,21,24). The van der Waals surface area contributed by atoms with E-state index in [4.69, 9.17) is 0 Å². The van der Waals surface area contributed by atoms with Gasteiger partial charge in [0.25, 0.3) is 0 Å². The summed E-state index contributed by atoms with van der Waals surface area (Å²) in [5, 5.41) is 9.04. The predicted molar refractivity (Wildman–Crippen MR) is 94.8 cm³/mol. The van der Waals surface area contributed by atoms with E-state index in [1.165, 1.54) is 13.8 Å². The van der Waals surface area contributed by atoms with Crippen LogP contribution in [0.5, 0.6) is 0 Å². The number of dihydropyridines is 1. The fourth-order valence-corrected chi connectivity index (χ4v) is 2.73. The average Bonchev–Trinajstić information content (AvgIpc) is 2.64. The molecular formula is C19H19N3O2. The molecule has 0 radical (unpaired) electrons. The van der Waals surface area contributed by atoms with Gasteiger partial charge in [-0.2, -0.15) is 0 Å². The molecule has 0 fully saturated rings. The number of anilines is 1. The van der Waals surface area contributed by atoms with Crippen LogP contribution in [0.25, 0.3) is 5.70 Å². The monoisotopic (exact) mass is 321 g/mol.